The molecule has 2 heterocycles. The minimum Gasteiger partial charge on any atom is -0.463 e. The molecule has 0 aromatic carbocycles. The maximum atomic E-state index is 11.2. The normalized spacial score (nSPS) is 51.9. The molecular weight excluding hydrogens is 484 g/mol. The molecule has 0 aromatic rings. The summed E-state index contributed by atoms with van der Waals surface area (Å²) in [5.74, 6) is -1.40. The maximum Gasteiger partial charge on any atom is 0.302 e. The average Bonchev–Trinajstić information content (AvgIpc) is 2.81. The van der Waals surface area contributed by atoms with Crippen molar-refractivity contribution < 1.29 is 64.6 Å². The fraction of sp³-hybridized carbons (Fsp3) is 0.957. The van der Waals surface area contributed by atoms with Crippen molar-refractivity contribution >= 4 is 5.97 Å². The van der Waals surface area contributed by atoms with Crippen LogP contribution in [0.15, 0.2) is 0 Å². The number of esters is 1. The van der Waals surface area contributed by atoms with Crippen molar-refractivity contribution in [1.29, 1.82) is 0 Å². The molecule has 0 radical (unpaired) electrons. The molecule has 0 spiro atoms. The summed E-state index contributed by atoms with van der Waals surface area (Å²) >= 11 is 0. The van der Waals surface area contributed by atoms with E-state index in [2.05, 4.69) is 0 Å². The number of fused-ring (bicyclic) bond motifs is 1. The summed E-state index contributed by atoms with van der Waals surface area (Å²) in [6, 6.07) is 0. The number of ether oxygens (including phenoxy) is 4. The van der Waals surface area contributed by atoms with E-state index in [0.717, 1.165) is 0 Å². The SMILES string of the molecule is CC(=O)OC[C@H]1O[C@@H](OC2CC3C(O)CC(O)CC3[OH+]C2C2CC(O)C(O)C(O)C2)[C@H](O)[C@@H](O)[C@H]1O. The Morgan fingerprint density at radius 3 is 2.14 bits per heavy atom. The lowest BCUT2D eigenvalue weighted by atomic mass is 9.72. The quantitative estimate of drug-likeness (QED) is 0.128. The molecule has 2 aliphatic heterocycles. The highest BCUT2D eigenvalue weighted by molar-refractivity contribution is 5.65. The molecule has 36 heavy (non-hydrogen) atoms. The van der Waals surface area contributed by atoms with Gasteiger partial charge in [-0.25, -0.2) is 0 Å². The van der Waals surface area contributed by atoms with Gasteiger partial charge in [0.2, 0.25) is 0 Å². The molecule has 4 fully saturated rings. The number of aliphatic hydroxyl groups is 10. The number of hydrogen-bond donors (Lipinski definition) is 8. The molecule has 2 saturated heterocycles. The van der Waals surface area contributed by atoms with Gasteiger partial charge in [0.25, 0.3) is 0 Å². The van der Waals surface area contributed by atoms with Gasteiger partial charge < -0.3 is 59.8 Å². The van der Waals surface area contributed by atoms with Gasteiger partial charge in [0, 0.05) is 25.7 Å². The zero-order valence-electron chi connectivity index (χ0n) is 20.1. The molecule has 8 unspecified atom stereocenters. The van der Waals surface area contributed by atoms with Gasteiger partial charge in [0.1, 0.15) is 43.2 Å². The largest absolute Gasteiger partial charge is 0.463 e. The summed E-state index contributed by atoms with van der Waals surface area (Å²) in [6.45, 7) is 0.800. The third kappa shape index (κ3) is 5.86. The second-order valence-corrected chi connectivity index (χ2v) is 10.6. The van der Waals surface area contributed by atoms with Crippen LogP contribution in [0.4, 0.5) is 0 Å². The highest BCUT2D eigenvalue weighted by atomic mass is 16.7. The highest BCUT2D eigenvalue weighted by Crippen LogP contribution is 2.42. The van der Waals surface area contributed by atoms with Gasteiger partial charge in [0.15, 0.2) is 18.5 Å². The van der Waals surface area contributed by atoms with Crippen molar-refractivity contribution in [3.05, 3.63) is 0 Å². The highest BCUT2D eigenvalue weighted by Gasteiger charge is 2.55. The van der Waals surface area contributed by atoms with Crippen molar-refractivity contribution in [1.82, 2.24) is 0 Å². The van der Waals surface area contributed by atoms with E-state index in [0.29, 0.717) is 6.42 Å². The Morgan fingerprint density at radius 1 is 0.833 bits per heavy atom. The van der Waals surface area contributed by atoms with Gasteiger partial charge in [-0.15, -0.1) is 0 Å². The van der Waals surface area contributed by atoms with E-state index in [1.54, 1.807) is 0 Å². The van der Waals surface area contributed by atoms with Gasteiger partial charge in [-0.05, 0) is 19.3 Å². The van der Waals surface area contributed by atoms with Crippen molar-refractivity contribution in [2.24, 2.45) is 11.8 Å². The summed E-state index contributed by atoms with van der Waals surface area (Å²) in [7, 11) is 0. The summed E-state index contributed by atoms with van der Waals surface area (Å²) in [6.07, 6.45) is -13.5. The smallest absolute Gasteiger partial charge is 0.302 e. The first kappa shape index (κ1) is 28.0. The summed E-state index contributed by atoms with van der Waals surface area (Å²) in [5.41, 5.74) is 0. The first-order valence-corrected chi connectivity index (χ1v) is 12.5. The number of rotatable bonds is 5. The Bertz CT molecular complexity index is 742. The van der Waals surface area contributed by atoms with Crippen LogP contribution < -0.4 is 0 Å². The second kappa shape index (κ2) is 11.4. The van der Waals surface area contributed by atoms with E-state index in [4.69, 9.17) is 18.9 Å². The molecular formula is C23H39O13+. The lowest BCUT2D eigenvalue weighted by Gasteiger charge is -2.48. The molecule has 4 rings (SSSR count). The number of aliphatic hydroxyl groups excluding tert-OH is 8. The van der Waals surface area contributed by atoms with Crippen LogP contribution in [-0.2, 0) is 19.0 Å². The molecule has 2 aliphatic carbocycles. The van der Waals surface area contributed by atoms with Crippen molar-refractivity contribution in [3.63, 3.8) is 0 Å². The first-order chi connectivity index (χ1) is 17.0. The monoisotopic (exact) mass is 523 g/mol. The van der Waals surface area contributed by atoms with Gasteiger partial charge in [-0.2, -0.15) is 0 Å². The van der Waals surface area contributed by atoms with Crippen LogP contribution in [0.5, 0.6) is 0 Å². The summed E-state index contributed by atoms with van der Waals surface area (Å²) in [5, 5.41) is 82.5. The molecule has 13 nitrogen and oxygen atoms in total. The van der Waals surface area contributed by atoms with E-state index >= 15 is 0 Å². The fourth-order valence-electron chi connectivity index (χ4n) is 6.10. The number of carbonyl (C=O) groups excluding carboxylic acids is 1. The minimum atomic E-state index is -1.65. The third-order valence-electron chi connectivity index (χ3n) is 8.05. The Labute approximate surface area is 208 Å². The number of carbonyl (C=O) groups is 1. The molecule has 13 atom stereocenters. The van der Waals surface area contributed by atoms with Crippen molar-refractivity contribution in [2.75, 3.05) is 6.61 Å². The summed E-state index contributed by atoms with van der Waals surface area (Å²) in [4.78, 5) is 11.2. The molecule has 0 bridgehead atoms. The maximum absolute atomic E-state index is 11.2. The second-order valence-electron chi connectivity index (χ2n) is 10.6. The van der Waals surface area contributed by atoms with E-state index in [9.17, 15) is 45.6 Å². The fourth-order valence-corrected chi connectivity index (χ4v) is 6.10. The van der Waals surface area contributed by atoms with Gasteiger partial charge >= 0.3 is 5.97 Å². The van der Waals surface area contributed by atoms with Gasteiger partial charge in [0.05, 0.1) is 30.3 Å². The van der Waals surface area contributed by atoms with Crippen LogP contribution in [0.25, 0.3) is 0 Å². The molecule has 13 heteroatoms. The molecule has 0 aromatic heterocycles. The molecule has 9 N–H and O–H groups in total. The van der Waals surface area contributed by atoms with E-state index < -0.39 is 91.4 Å². The average molecular weight is 524 g/mol. The van der Waals surface area contributed by atoms with Crippen molar-refractivity contribution in [3.8, 4) is 0 Å². The predicted octanol–water partition coefficient (Wildman–Crippen LogP) is -3.96. The third-order valence-corrected chi connectivity index (χ3v) is 8.05. The van der Waals surface area contributed by atoms with Crippen LogP contribution in [0.1, 0.15) is 39.0 Å². The lowest BCUT2D eigenvalue weighted by Crippen LogP contribution is -2.63. The van der Waals surface area contributed by atoms with Gasteiger partial charge in [-0.1, -0.05) is 0 Å². The Morgan fingerprint density at radius 2 is 1.50 bits per heavy atom. The van der Waals surface area contributed by atoms with Crippen molar-refractivity contribution in [2.45, 2.75) is 119 Å². The lowest BCUT2D eigenvalue weighted by molar-refractivity contribution is -0.357. The minimum absolute atomic E-state index is 0.124. The molecule has 0 amide bonds. The van der Waals surface area contributed by atoms with Crippen LogP contribution in [0.2, 0.25) is 0 Å². The first-order valence-electron chi connectivity index (χ1n) is 12.5. The van der Waals surface area contributed by atoms with Crippen LogP contribution in [-0.4, -0.2) is 138 Å². The van der Waals surface area contributed by atoms with E-state index in [1.807, 2.05) is 0 Å². The Hall–Kier alpha value is -0.970. The molecule has 2 saturated carbocycles. The molecule has 208 valence electrons. The zero-order valence-corrected chi connectivity index (χ0v) is 20.1. The van der Waals surface area contributed by atoms with Crippen LogP contribution in [0.3, 0.4) is 0 Å². The van der Waals surface area contributed by atoms with E-state index in [1.165, 1.54) is 6.92 Å². The van der Waals surface area contributed by atoms with E-state index in [-0.39, 0.29) is 38.2 Å². The molecule has 4 aliphatic rings. The number of hydrogen-bond acceptors (Lipinski definition) is 12. The predicted molar refractivity (Wildman–Crippen MR) is 118 cm³/mol. The standard InChI is InChI=1S/C23H38O13/c1-8(24)33-7-17-19(30)20(31)21(32)23(36-17)35-16-6-11-12(26)4-10(25)5-15(11)34-22(16)9-2-13(27)18(29)14(28)3-9/h9-23,25-32H,2-7H2,1H3/p+1/t9?,10?,11?,12?,13?,14?,15?,16?,17-,18?,19+,20+,21-,22?,23-/m1/s1. The van der Waals surface area contributed by atoms with Gasteiger partial charge in [-0.3, -0.25) is 4.79 Å². The van der Waals surface area contributed by atoms with Crippen LogP contribution >= 0.6 is 0 Å². The Kier molecular flexibility index (Phi) is 8.89. The van der Waals surface area contributed by atoms with Crippen LogP contribution in [0, 0.1) is 11.8 Å². The Balaban J connectivity index is 1.54. The zero-order chi connectivity index (χ0) is 26.3. The topological polar surface area (TPSA) is 219 Å². The summed E-state index contributed by atoms with van der Waals surface area (Å²) < 4.78 is 21.5.